The molecule has 5 nitrogen and oxygen atoms in total. The number of hydrogen-bond donors (Lipinski definition) is 0. The van der Waals surface area contributed by atoms with Crippen molar-refractivity contribution in [2.24, 2.45) is 0 Å². The molecule has 2 amide bonds. The summed E-state index contributed by atoms with van der Waals surface area (Å²) < 4.78 is 0. The van der Waals surface area contributed by atoms with Crippen molar-refractivity contribution in [1.29, 1.82) is 5.26 Å². The Hall–Kier alpha value is -1.77. The van der Waals surface area contributed by atoms with E-state index in [0.717, 1.165) is 6.42 Å². The number of likely N-dealkylation sites (N-methyl/N-ethyl adjacent to an activating group) is 1. The van der Waals surface area contributed by atoms with Crippen LogP contribution in [0.1, 0.15) is 30.1 Å². The van der Waals surface area contributed by atoms with Gasteiger partial charge in [-0.2, -0.15) is 5.26 Å². The first kappa shape index (κ1) is 17.6. The molecule has 1 heterocycles. The fourth-order valence-corrected chi connectivity index (χ4v) is 3.09. The van der Waals surface area contributed by atoms with Crippen molar-refractivity contribution in [3.63, 3.8) is 0 Å². The Bertz CT molecular complexity index is 657. The third kappa shape index (κ3) is 3.77. The molecule has 2 rings (SSSR count). The van der Waals surface area contributed by atoms with E-state index in [1.165, 1.54) is 15.9 Å². The van der Waals surface area contributed by atoms with Gasteiger partial charge in [0.15, 0.2) is 0 Å². The molecule has 0 saturated carbocycles. The van der Waals surface area contributed by atoms with Crippen LogP contribution in [0.3, 0.4) is 0 Å². The first-order chi connectivity index (χ1) is 11.0. The van der Waals surface area contributed by atoms with Crippen molar-refractivity contribution >= 4 is 35.0 Å². The van der Waals surface area contributed by atoms with Crippen LogP contribution in [-0.4, -0.2) is 47.3 Å². The molecule has 1 saturated heterocycles. The van der Waals surface area contributed by atoms with Crippen molar-refractivity contribution in [2.75, 3.05) is 19.6 Å². The van der Waals surface area contributed by atoms with Crippen molar-refractivity contribution in [1.82, 2.24) is 9.80 Å². The number of nitrogens with zero attached hydrogens (tertiary/aromatic N) is 3. The summed E-state index contributed by atoms with van der Waals surface area (Å²) in [6.45, 7) is 2.75. The van der Waals surface area contributed by atoms with Crippen LogP contribution in [0, 0.1) is 11.3 Å². The van der Waals surface area contributed by atoms with Crippen LogP contribution in [-0.2, 0) is 4.79 Å². The second-order valence-corrected chi connectivity index (χ2v) is 6.13. The van der Waals surface area contributed by atoms with E-state index in [2.05, 4.69) is 0 Å². The van der Waals surface area contributed by atoms with Gasteiger partial charge < -0.3 is 9.80 Å². The van der Waals surface area contributed by atoms with Gasteiger partial charge in [0, 0.05) is 18.1 Å². The van der Waals surface area contributed by atoms with Gasteiger partial charge in [0.25, 0.3) is 5.91 Å². The summed E-state index contributed by atoms with van der Waals surface area (Å²) >= 11 is 12.0. The quantitative estimate of drug-likeness (QED) is 0.781. The van der Waals surface area contributed by atoms with Gasteiger partial charge in [0.1, 0.15) is 12.6 Å². The maximum atomic E-state index is 12.8. The number of carbonyl (C=O) groups excluding carboxylic acids is 2. The highest BCUT2D eigenvalue weighted by molar-refractivity contribution is 6.35. The zero-order chi connectivity index (χ0) is 17.0. The van der Waals surface area contributed by atoms with Gasteiger partial charge in [-0.25, -0.2) is 0 Å². The van der Waals surface area contributed by atoms with Crippen LogP contribution < -0.4 is 0 Å². The van der Waals surface area contributed by atoms with E-state index in [9.17, 15) is 9.59 Å². The van der Waals surface area contributed by atoms with Crippen molar-refractivity contribution in [3.8, 4) is 6.07 Å². The molecule has 1 unspecified atom stereocenters. The smallest absolute Gasteiger partial charge is 0.256 e. The zero-order valence-electron chi connectivity index (χ0n) is 12.8. The summed E-state index contributed by atoms with van der Waals surface area (Å²) in [5.41, 5.74) is 0.294. The van der Waals surface area contributed by atoms with Crippen LogP contribution in [0.5, 0.6) is 0 Å². The number of hydrogen-bond acceptors (Lipinski definition) is 3. The normalized spacial score (nSPS) is 17.0. The molecule has 23 heavy (non-hydrogen) atoms. The molecule has 0 aromatic heterocycles. The van der Waals surface area contributed by atoms with Gasteiger partial charge in [-0.1, -0.05) is 23.2 Å². The highest BCUT2D eigenvalue weighted by atomic mass is 35.5. The van der Waals surface area contributed by atoms with Crippen LogP contribution in [0.4, 0.5) is 0 Å². The molecule has 7 heteroatoms. The highest BCUT2D eigenvalue weighted by Gasteiger charge is 2.37. The molecule has 0 radical (unpaired) electrons. The van der Waals surface area contributed by atoms with E-state index in [-0.39, 0.29) is 18.4 Å². The lowest BCUT2D eigenvalue weighted by Gasteiger charge is -2.28. The Kier molecular flexibility index (Phi) is 5.86. The standard InChI is InChI=1S/C16H17Cl2N3O2/c1-2-20(9-7-19)16(23)14-4-3-8-21(14)15(22)12-10-11(17)5-6-13(12)18/h5-6,10,14H,2-4,8-9H2,1H3. The molecule has 0 aliphatic carbocycles. The van der Waals surface area contributed by atoms with E-state index in [0.29, 0.717) is 35.1 Å². The predicted molar refractivity (Wildman–Crippen MR) is 88.4 cm³/mol. The Morgan fingerprint density at radius 2 is 2.17 bits per heavy atom. The Balaban J connectivity index is 2.24. The molecule has 1 aliphatic rings. The second kappa shape index (κ2) is 7.67. The number of rotatable bonds is 4. The van der Waals surface area contributed by atoms with E-state index >= 15 is 0 Å². The van der Waals surface area contributed by atoms with Crippen LogP contribution in [0.2, 0.25) is 10.0 Å². The topological polar surface area (TPSA) is 64.4 Å². The van der Waals surface area contributed by atoms with Gasteiger partial charge in [0.2, 0.25) is 5.91 Å². The van der Waals surface area contributed by atoms with Gasteiger partial charge in [-0.15, -0.1) is 0 Å². The molecule has 0 N–H and O–H groups in total. The van der Waals surface area contributed by atoms with E-state index < -0.39 is 6.04 Å². The average Bonchev–Trinajstić information content (AvgIpc) is 3.03. The summed E-state index contributed by atoms with van der Waals surface area (Å²) in [5, 5.41) is 9.55. The second-order valence-electron chi connectivity index (χ2n) is 5.29. The van der Waals surface area contributed by atoms with Crippen LogP contribution in [0.15, 0.2) is 18.2 Å². The number of carbonyl (C=O) groups is 2. The van der Waals surface area contributed by atoms with E-state index in [4.69, 9.17) is 28.5 Å². The average molecular weight is 354 g/mol. The van der Waals surface area contributed by atoms with Crippen molar-refractivity contribution < 1.29 is 9.59 Å². The third-order valence-corrected chi connectivity index (χ3v) is 4.48. The first-order valence-electron chi connectivity index (χ1n) is 7.41. The number of halogens is 2. The van der Waals surface area contributed by atoms with Crippen LogP contribution >= 0.6 is 23.2 Å². The van der Waals surface area contributed by atoms with E-state index in [1.807, 2.05) is 13.0 Å². The maximum Gasteiger partial charge on any atom is 0.256 e. The number of amides is 2. The fraction of sp³-hybridized carbons (Fsp3) is 0.438. The summed E-state index contributed by atoms with van der Waals surface area (Å²) in [5.74, 6) is -0.501. The minimum absolute atomic E-state index is 0.0196. The molecule has 1 aromatic carbocycles. The molecule has 1 fully saturated rings. The van der Waals surface area contributed by atoms with Gasteiger partial charge >= 0.3 is 0 Å². The summed E-state index contributed by atoms with van der Waals surface area (Å²) in [7, 11) is 0. The molecule has 1 atom stereocenters. The van der Waals surface area contributed by atoms with E-state index in [1.54, 1.807) is 12.1 Å². The molecule has 0 spiro atoms. The van der Waals surface area contributed by atoms with Crippen LogP contribution in [0.25, 0.3) is 0 Å². The predicted octanol–water partition coefficient (Wildman–Crippen LogP) is 2.97. The van der Waals surface area contributed by atoms with Gasteiger partial charge in [-0.3, -0.25) is 9.59 Å². The van der Waals surface area contributed by atoms with Crippen molar-refractivity contribution in [3.05, 3.63) is 33.8 Å². The fourth-order valence-electron chi connectivity index (χ4n) is 2.72. The third-order valence-electron chi connectivity index (χ3n) is 3.91. The lowest BCUT2D eigenvalue weighted by Crippen LogP contribution is -2.48. The number of nitriles is 1. The maximum absolute atomic E-state index is 12.8. The molecule has 122 valence electrons. The lowest BCUT2D eigenvalue weighted by molar-refractivity contribution is -0.134. The highest BCUT2D eigenvalue weighted by Crippen LogP contribution is 2.27. The molecule has 1 aliphatic heterocycles. The number of benzene rings is 1. The monoisotopic (exact) mass is 353 g/mol. The Morgan fingerprint density at radius 1 is 1.43 bits per heavy atom. The summed E-state index contributed by atoms with van der Waals surface area (Å²) in [6, 6.07) is 6.12. The largest absolute Gasteiger partial charge is 0.328 e. The zero-order valence-corrected chi connectivity index (χ0v) is 14.3. The minimum atomic E-state index is -0.550. The van der Waals surface area contributed by atoms with Gasteiger partial charge in [0.05, 0.1) is 16.7 Å². The lowest BCUT2D eigenvalue weighted by atomic mass is 10.1. The molecular weight excluding hydrogens is 337 g/mol. The number of likely N-dealkylation sites (tertiary alicyclic amines) is 1. The molecular formula is C16H17Cl2N3O2. The summed E-state index contributed by atoms with van der Waals surface area (Å²) in [6.07, 6.45) is 1.33. The molecule has 0 bridgehead atoms. The minimum Gasteiger partial charge on any atom is -0.328 e. The Labute approximate surface area is 145 Å². The van der Waals surface area contributed by atoms with Crippen molar-refractivity contribution in [2.45, 2.75) is 25.8 Å². The SMILES string of the molecule is CCN(CC#N)C(=O)C1CCCN1C(=O)c1cc(Cl)ccc1Cl. The van der Waals surface area contributed by atoms with Gasteiger partial charge in [-0.05, 0) is 38.0 Å². The summed E-state index contributed by atoms with van der Waals surface area (Å²) in [4.78, 5) is 28.3. The first-order valence-corrected chi connectivity index (χ1v) is 8.17. The molecule has 1 aromatic rings. The Morgan fingerprint density at radius 3 is 2.83 bits per heavy atom.